The third kappa shape index (κ3) is 6.91. The van der Waals surface area contributed by atoms with Gasteiger partial charge in [-0.2, -0.15) is 0 Å². The summed E-state index contributed by atoms with van der Waals surface area (Å²) in [7, 11) is 0. The van der Waals surface area contributed by atoms with Gasteiger partial charge in [-0.05, 0) is 13.3 Å². The number of rotatable bonds is 5. The summed E-state index contributed by atoms with van der Waals surface area (Å²) in [5.74, 6) is -2.14. The van der Waals surface area contributed by atoms with Crippen molar-refractivity contribution in [3.8, 4) is 0 Å². The van der Waals surface area contributed by atoms with Gasteiger partial charge in [-0.25, -0.2) is 0 Å². The molecule has 1 unspecified atom stereocenters. The molecule has 0 bridgehead atoms. The summed E-state index contributed by atoms with van der Waals surface area (Å²) in [6, 6.07) is 0. The van der Waals surface area contributed by atoms with Crippen LogP contribution in [0.25, 0.3) is 0 Å². The zero-order chi connectivity index (χ0) is 13.0. The Hall–Kier alpha value is 0.576. The van der Waals surface area contributed by atoms with E-state index in [1.54, 1.807) is 0 Å². The van der Waals surface area contributed by atoms with Crippen LogP contribution in [0.1, 0.15) is 53.9 Å². The Kier molecular flexibility index (Phi) is 9.24. The Balaban J connectivity index is 0. The molecule has 0 aliphatic rings. The standard InChI is InChI=1S/C12H22O4.K/c1-6-7-12(5,11(2,3)4)16-10(15)8-9(13)14;/h6-8H2,1-5H3,(H,13,14);/q;+1/p-1. The molecule has 0 aromatic rings. The van der Waals surface area contributed by atoms with Crippen LogP contribution in [0.15, 0.2) is 0 Å². The molecule has 17 heavy (non-hydrogen) atoms. The molecule has 4 nitrogen and oxygen atoms in total. The summed E-state index contributed by atoms with van der Waals surface area (Å²) < 4.78 is 5.29. The van der Waals surface area contributed by atoms with Gasteiger partial charge in [-0.3, -0.25) is 4.79 Å². The number of carbonyl (C=O) groups excluding carboxylic acids is 2. The molecule has 0 radical (unpaired) electrons. The first kappa shape index (κ1) is 19.9. The fourth-order valence-electron chi connectivity index (χ4n) is 1.46. The minimum atomic E-state index is -1.40. The summed E-state index contributed by atoms with van der Waals surface area (Å²) in [4.78, 5) is 21.6. The number of aliphatic carboxylic acids is 1. The van der Waals surface area contributed by atoms with Crippen LogP contribution in [0.3, 0.4) is 0 Å². The summed E-state index contributed by atoms with van der Waals surface area (Å²) >= 11 is 0. The maximum Gasteiger partial charge on any atom is 1.00 e. The Labute approximate surface area is 146 Å². The quantitative estimate of drug-likeness (QED) is 0.338. The number of hydrogen-bond acceptors (Lipinski definition) is 4. The van der Waals surface area contributed by atoms with E-state index in [1.807, 2.05) is 34.6 Å². The van der Waals surface area contributed by atoms with Crippen LogP contribution in [-0.4, -0.2) is 17.5 Å². The number of hydrogen-bond donors (Lipinski definition) is 0. The fourth-order valence-corrected chi connectivity index (χ4v) is 1.46. The van der Waals surface area contributed by atoms with Crippen molar-refractivity contribution in [1.29, 1.82) is 0 Å². The van der Waals surface area contributed by atoms with Gasteiger partial charge >= 0.3 is 57.4 Å². The van der Waals surface area contributed by atoms with Gasteiger partial charge in [0, 0.05) is 5.41 Å². The molecule has 0 saturated heterocycles. The summed E-state index contributed by atoms with van der Waals surface area (Å²) in [6.45, 7) is 9.74. The first-order valence-corrected chi connectivity index (χ1v) is 5.54. The van der Waals surface area contributed by atoms with E-state index in [2.05, 4.69) is 0 Å². The Morgan fingerprint density at radius 1 is 1.18 bits per heavy atom. The van der Waals surface area contributed by atoms with Gasteiger partial charge in [-0.1, -0.05) is 34.1 Å². The Morgan fingerprint density at radius 3 is 1.94 bits per heavy atom. The monoisotopic (exact) mass is 268 g/mol. The molecule has 94 valence electrons. The zero-order valence-corrected chi connectivity index (χ0v) is 14.9. The second-order valence-electron chi connectivity index (χ2n) is 5.25. The molecule has 0 N–H and O–H groups in total. The van der Waals surface area contributed by atoms with Gasteiger partial charge in [0.15, 0.2) is 0 Å². The van der Waals surface area contributed by atoms with Gasteiger partial charge in [0.2, 0.25) is 0 Å². The average molecular weight is 268 g/mol. The van der Waals surface area contributed by atoms with Crippen LogP contribution in [0, 0.1) is 5.41 Å². The second-order valence-corrected chi connectivity index (χ2v) is 5.25. The van der Waals surface area contributed by atoms with Crippen molar-refractivity contribution >= 4 is 11.9 Å². The molecule has 1 atom stereocenters. The molecule has 0 aliphatic carbocycles. The molecule has 0 rings (SSSR count). The number of carboxylic acids is 1. The van der Waals surface area contributed by atoms with Crippen LogP contribution in [0.5, 0.6) is 0 Å². The van der Waals surface area contributed by atoms with Crippen molar-refractivity contribution in [2.24, 2.45) is 5.41 Å². The molecule has 0 aliphatic heterocycles. The summed E-state index contributed by atoms with van der Waals surface area (Å²) in [5.41, 5.74) is -0.876. The van der Waals surface area contributed by atoms with Crippen LogP contribution >= 0.6 is 0 Å². The van der Waals surface area contributed by atoms with E-state index in [9.17, 15) is 14.7 Å². The van der Waals surface area contributed by atoms with Crippen LogP contribution < -0.4 is 56.5 Å². The van der Waals surface area contributed by atoms with Crippen molar-refractivity contribution in [1.82, 2.24) is 0 Å². The fraction of sp³-hybridized carbons (Fsp3) is 0.833. The average Bonchev–Trinajstić information content (AvgIpc) is 1.99. The number of ether oxygens (including phenoxy) is 1. The van der Waals surface area contributed by atoms with Crippen LogP contribution in [0.4, 0.5) is 0 Å². The van der Waals surface area contributed by atoms with Crippen molar-refractivity contribution in [2.75, 3.05) is 0 Å². The predicted molar refractivity (Wildman–Crippen MR) is 58.5 cm³/mol. The van der Waals surface area contributed by atoms with Gasteiger partial charge < -0.3 is 14.6 Å². The number of carbonyl (C=O) groups is 2. The van der Waals surface area contributed by atoms with Gasteiger partial charge in [0.25, 0.3) is 0 Å². The largest absolute Gasteiger partial charge is 1.00 e. The topological polar surface area (TPSA) is 66.4 Å². The van der Waals surface area contributed by atoms with E-state index in [1.165, 1.54) is 0 Å². The molecular weight excluding hydrogens is 247 g/mol. The third-order valence-electron chi connectivity index (χ3n) is 2.94. The van der Waals surface area contributed by atoms with Crippen molar-refractivity contribution in [3.05, 3.63) is 0 Å². The van der Waals surface area contributed by atoms with Crippen LogP contribution in [-0.2, 0) is 14.3 Å². The minimum Gasteiger partial charge on any atom is -0.550 e. The number of esters is 1. The SMILES string of the molecule is CCCC(C)(OC(=O)CC(=O)[O-])C(C)(C)C.[K+]. The van der Waals surface area contributed by atoms with E-state index in [0.717, 1.165) is 6.42 Å². The molecule has 0 aromatic heterocycles. The van der Waals surface area contributed by atoms with Crippen molar-refractivity contribution in [3.63, 3.8) is 0 Å². The van der Waals surface area contributed by atoms with E-state index >= 15 is 0 Å². The maximum atomic E-state index is 11.3. The molecule has 0 aromatic carbocycles. The first-order valence-electron chi connectivity index (χ1n) is 5.54. The summed E-state index contributed by atoms with van der Waals surface area (Å²) in [6.07, 6.45) is 0.886. The van der Waals surface area contributed by atoms with Crippen LogP contribution in [0.2, 0.25) is 0 Å². The van der Waals surface area contributed by atoms with Crippen molar-refractivity contribution < 1.29 is 70.8 Å². The molecule has 0 spiro atoms. The molecule has 0 saturated carbocycles. The molecule has 5 heteroatoms. The Morgan fingerprint density at radius 2 is 1.65 bits per heavy atom. The first-order chi connectivity index (χ1) is 7.12. The van der Waals surface area contributed by atoms with Crippen molar-refractivity contribution in [2.45, 2.75) is 59.5 Å². The van der Waals surface area contributed by atoms with Gasteiger partial charge in [0.05, 0.1) is 12.4 Å². The minimum absolute atomic E-state index is 0. The van der Waals surface area contributed by atoms with E-state index in [4.69, 9.17) is 4.74 Å². The van der Waals surface area contributed by atoms with Gasteiger partial charge in [0.1, 0.15) is 5.60 Å². The Bertz CT molecular complexity index is 270. The third-order valence-corrected chi connectivity index (χ3v) is 2.94. The number of carboxylic acid groups (broad SMARTS) is 1. The molecule has 0 fully saturated rings. The normalized spacial score (nSPS) is 14.4. The smallest absolute Gasteiger partial charge is 0.550 e. The predicted octanol–water partition coefficient (Wildman–Crippen LogP) is -1.72. The molecule has 0 heterocycles. The molecular formula is C12H21KO4. The zero-order valence-electron chi connectivity index (χ0n) is 11.8. The molecule has 0 amide bonds. The second kappa shape index (κ2) is 7.89. The maximum absolute atomic E-state index is 11.3. The summed E-state index contributed by atoms with van der Waals surface area (Å²) in [5, 5.41) is 10.3. The van der Waals surface area contributed by atoms with E-state index in [0.29, 0.717) is 6.42 Å². The van der Waals surface area contributed by atoms with E-state index in [-0.39, 0.29) is 56.8 Å². The van der Waals surface area contributed by atoms with Gasteiger partial charge in [-0.15, -0.1) is 0 Å². The van der Waals surface area contributed by atoms with E-state index < -0.39 is 24.0 Å².